The summed E-state index contributed by atoms with van der Waals surface area (Å²) in [5.41, 5.74) is 0. The van der Waals surface area contributed by atoms with Crippen LogP contribution in [-0.4, -0.2) is 19.8 Å². The number of ether oxygens (including phenoxy) is 1. The largest absolute Gasteiger partial charge is 0.378 e. The van der Waals surface area contributed by atoms with Crippen molar-refractivity contribution in [1.82, 2.24) is 5.32 Å². The van der Waals surface area contributed by atoms with Crippen LogP contribution in [0.25, 0.3) is 0 Å². The van der Waals surface area contributed by atoms with Gasteiger partial charge in [-0.1, -0.05) is 11.6 Å². The third kappa shape index (κ3) is 2.36. The number of nitrogens with one attached hydrogen (secondary N) is 1. The molecule has 0 spiro atoms. The van der Waals surface area contributed by atoms with Crippen LogP contribution in [-0.2, 0) is 4.74 Å². The Labute approximate surface area is 99.6 Å². The van der Waals surface area contributed by atoms with Crippen LogP contribution in [0.5, 0.6) is 0 Å². The molecular weight excluding hydrogens is 230 g/mol. The maximum atomic E-state index is 5.96. The van der Waals surface area contributed by atoms with Crippen LogP contribution >= 0.6 is 22.9 Å². The van der Waals surface area contributed by atoms with Crippen LogP contribution < -0.4 is 5.32 Å². The molecule has 2 heterocycles. The molecule has 1 aliphatic heterocycles. The van der Waals surface area contributed by atoms with Crippen LogP contribution in [0.4, 0.5) is 0 Å². The fourth-order valence-corrected chi connectivity index (χ4v) is 3.50. The minimum Gasteiger partial charge on any atom is -0.378 e. The zero-order valence-corrected chi connectivity index (χ0v) is 10.6. The van der Waals surface area contributed by atoms with Gasteiger partial charge in [0.05, 0.1) is 10.4 Å². The van der Waals surface area contributed by atoms with Gasteiger partial charge >= 0.3 is 0 Å². The minimum atomic E-state index is 0.336. The van der Waals surface area contributed by atoms with E-state index in [1.165, 1.54) is 4.88 Å². The molecule has 0 amide bonds. The van der Waals surface area contributed by atoms with Gasteiger partial charge in [0, 0.05) is 23.4 Å². The molecule has 0 radical (unpaired) electrons. The van der Waals surface area contributed by atoms with E-state index in [1.54, 1.807) is 11.3 Å². The second kappa shape index (κ2) is 4.83. The predicted molar refractivity (Wildman–Crippen MR) is 64.7 cm³/mol. The quantitative estimate of drug-likeness (QED) is 0.884. The van der Waals surface area contributed by atoms with Crippen LogP contribution in [0.15, 0.2) is 12.1 Å². The molecule has 0 bridgehead atoms. The van der Waals surface area contributed by atoms with Crippen LogP contribution in [0, 0.1) is 5.92 Å². The topological polar surface area (TPSA) is 21.3 Å². The summed E-state index contributed by atoms with van der Waals surface area (Å²) in [5, 5.41) is 3.38. The molecule has 1 aliphatic rings. The highest BCUT2D eigenvalue weighted by Crippen LogP contribution is 2.37. The van der Waals surface area contributed by atoms with Gasteiger partial charge in [-0.3, -0.25) is 0 Å². The maximum Gasteiger partial charge on any atom is 0.0931 e. The van der Waals surface area contributed by atoms with Crippen molar-refractivity contribution < 1.29 is 4.74 Å². The Hall–Kier alpha value is -0.0900. The van der Waals surface area contributed by atoms with Crippen molar-refractivity contribution in [3.63, 3.8) is 0 Å². The summed E-state index contributed by atoms with van der Waals surface area (Å²) in [4.78, 5) is 1.31. The van der Waals surface area contributed by atoms with E-state index in [0.29, 0.717) is 18.1 Å². The van der Waals surface area contributed by atoms with Crippen molar-refractivity contribution in [2.24, 2.45) is 5.92 Å². The normalized spacial score (nSPS) is 28.2. The van der Waals surface area contributed by atoms with E-state index in [9.17, 15) is 0 Å². The maximum absolute atomic E-state index is 5.96. The summed E-state index contributed by atoms with van der Waals surface area (Å²) in [5.74, 6) is 0.560. The SMILES string of the molecule is CNC(c1ccc(Cl)s1)C1CCOC1C. The van der Waals surface area contributed by atoms with E-state index < -0.39 is 0 Å². The molecule has 15 heavy (non-hydrogen) atoms. The third-order valence-electron chi connectivity index (χ3n) is 3.07. The molecule has 0 aliphatic carbocycles. The Balaban J connectivity index is 2.16. The lowest BCUT2D eigenvalue weighted by molar-refractivity contribution is 0.0966. The van der Waals surface area contributed by atoms with Gasteiger partial charge in [0.1, 0.15) is 0 Å². The number of rotatable bonds is 3. The second-order valence-electron chi connectivity index (χ2n) is 3.94. The van der Waals surface area contributed by atoms with Gasteiger partial charge in [-0.15, -0.1) is 11.3 Å². The van der Waals surface area contributed by atoms with E-state index in [1.807, 2.05) is 13.1 Å². The molecule has 1 saturated heterocycles. The number of halogens is 1. The van der Waals surface area contributed by atoms with Crippen molar-refractivity contribution in [1.29, 1.82) is 0 Å². The Kier molecular flexibility index (Phi) is 3.67. The van der Waals surface area contributed by atoms with Gasteiger partial charge in [-0.25, -0.2) is 0 Å². The van der Waals surface area contributed by atoms with Gasteiger partial charge < -0.3 is 10.1 Å². The highest BCUT2D eigenvalue weighted by atomic mass is 35.5. The van der Waals surface area contributed by atoms with Gasteiger partial charge in [0.15, 0.2) is 0 Å². The van der Waals surface area contributed by atoms with Gasteiger partial charge in [-0.05, 0) is 32.5 Å². The molecule has 1 aromatic rings. The lowest BCUT2D eigenvalue weighted by Gasteiger charge is -2.24. The average Bonchev–Trinajstić information content (AvgIpc) is 2.79. The van der Waals surface area contributed by atoms with E-state index in [-0.39, 0.29) is 0 Å². The zero-order chi connectivity index (χ0) is 10.8. The summed E-state index contributed by atoms with van der Waals surface area (Å²) in [6.45, 7) is 3.03. The molecular formula is C11H16ClNOS. The summed E-state index contributed by atoms with van der Waals surface area (Å²) in [7, 11) is 2.00. The highest BCUT2D eigenvalue weighted by Gasteiger charge is 2.32. The van der Waals surface area contributed by atoms with Gasteiger partial charge in [0.25, 0.3) is 0 Å². The molecule has 1 fully saturated rings. The van der Waals surface area contributed by atoms with Gasteiger partial charge in [-0.2, -0.15) is 0 Å². The molecule has 1 aromatic heterocycles. The third-order valence-corrected chi connectivity index (χ3v) is 4.39. The monoisotopic (exact) mass is 245 g/mol. The van der Waals surface area contributed by atoms with Crippen LogP contribution in [0.1, 0.15) is 24.3 Å². The summed E-state index contributed by atoms with van der Waals surface area (Å²) in [6, 6.07) is 4.45. The van der Waals surface area contributed by atoms with Crippen molar-refractivity contribution in [2.75, 3.05) is 13.7 Å². The molecule has 2 rings (SSSR count). The first-order valence-electron chi connectivity index (χ1n) is 5.26. The lowest BCUT2D eigenvalue weighted by atomic mass is 9.92. The second-order valence-corrected chi connectivity index (χ2v) is 5.68. The molecule has 0 saturated carbocycles. The summed E-state index contributed by atoms with van der Waals surface area (Å²) < 4.78 is 6.47. The Morgan fingerprint density at radius 1 is 1.60 bits per heavy atom. The predicted octanol–water partition coefficient (Wildman–Crippen LogP) is 3.09. The first kappa shape index (κ1) is 11.4. The van der Waals surface area contributed by atoms with E-state index in [4.69, 9.17) is 16.3 Å². The molecule has 0 aromatic carbocycles. The first-order valence-corrected chi connectivity index (χ1v) is 6.46. The average molecular weight is 246 g/mol. The Bertz CT molecular complexity index is 328. The van der Waals surface area contributed by atoms with Crippen molar-refractivity contribution in [2.45, 2.75) is 25.5 Å². The Morgan fingerprint density at radius 2 is 2.40 bits per heavy atom. The first-order chi connectivity index (χ1) is 7.22. The van der Waals surface area contributed by atoms with Crippen molar-refractivity contribution >= 4 is 22.9 Å². The Morgan fingerprint density at radius 3 is 2.87 bits per heavy atom. The van der Waals surface area contributed by atoms with E-state index >= 15 is 0 Å². The zero-order valence-electron chi connectivity index (χ0n) is 9.00. The molecule has 84 valence electrons. The fourth-order valence-electron chi connectivity index (χ4n) is 2.25. The highest BCUT2D eigenvalue weighted by molar-refractivity contribution is 7.16. The standard InChI is InChI=1S/C11H16ClNOS/c1-7-8(5-6-14-7)11(13-2)9-3-4-10(12)15-9/h3-4,7-8,11,13H,5-6H2,1-2H3. The minimum absolute atomic E-state index is 0.336. The van der Waals surface area contributed by atoms with Crippen LogP contribution in [0.2, 0.25) is 4.34 Å². The molecule has 3 unspecified atom stereocenters. The lowest BCUT2D eigenvalue weighted by Crippen LogP contribution is -2.28. The van der Waals surface area contributed by atoms with E-state index in [2.05, 4.69) is 18.3 Å². The number of hydrogen-bond donors (Lipinski definition) is 1. The van der Waals surface area contributed by atoms with E-state index in [0.717, 1.165) is 17.4 Å². The van der Waals surface area contributed by atoms with Crippen LogP contribution in [0.3, 0.4) is 0 Å². The molecule has 3 atom stereocenters. The summed E-state index contributed by atoms with van der Waals surface area (Å²) in [6.07, 6.45) is 1.46. The number of hydrogen-bond acceptors (Lipinski definition) is 3. The number of thiophene rings is 1. The molecule has 1 N–H and O–H groups in total. The molecule has 2 nitrogen and oxygen atoms in total. The van der Waals surface area contributed by atoms with Gasteiger partial charge in [0.2, 0.25) is 0 Å². The fraction of sp³-hybridized carbons (Fsp3) is 0.636. The smallest absolute Gasteiger partial charge is 0.0931 e. The van der Waals surface area contributed by atoms with Crippen molar-refractivity contribution in [3.05, 3.63) is 21.3 Å². The van der Waals surface area contributed by atoms with Crippen molar-refractivity contribution in [3.8, 4) is 0 Å². The summed E-state index contributed by atoms with van der Waals surface area (Å²) >= 11 is 7.62. The molecule has 4 heteroatoms.